The molecule has 0 bridgehead atoms. The first-order chi connectivity index (χ1) is 19.6. The number of benzene rings is 2. The highest BCUT2D eigenvalue weighted by atomic mass is 19.1. The zero-order valence-electron chi connectivity index (χ0n) is 26.1. The maximum atomic E-state index is 15.6. The van der Waals surface area contributed by atoms with Gasteiger partial charge in [-0.05, 0) is 57.6 Å². The summed E-state index contributed by atoms with van der Waals surface area (Å²) in [4.78, 5) is 15.8. The summed E-state index contributed by atoms with van der Waals surface area (Å²) in [7, 11) is 2.77. The summed E-state index contributed by atoms with van der Waals surface area (Å²) in [6.45, 7) is 13.5. The minimum atomic E-state index is -1.43. The molecule has 0 aliphatic carbocycles. The molecule has 1 N–H and O–H groups in total. The number of carbonyl (C=O) groups excluding carboxylic acids is 1. The Kier molecular flexibility index (Phi) is 10.0. The second kappa shape index (κ2) is 12.8. The molecule has 0 saturated carbocycles. The van der Waals surface area contributed by atoms with Gasteiger partial charge in [-0.1, -0.05) is 72.7 Å². The average Bonchev–Trinajstić information content (AvgIpc) is 2.94. The lowest BCUT2D eigenvalue weighted by atomic mass is 9.58. The standard InChI is InChI=1S/C34H43F2NO5/c1-10-22(17-30(38)41-9)23-12-11-13-28(31(23)36)42-20-21-14-15-24(25-18-29(40-8)37-19-27(25)35)26(16-21)34(39,32(2,3)4)33(5,6)7/h11-16,18-19,22,39H,10,17,20H2,1-9H3/t22-/m0/s1. The molecule has 3 aromatic rings. The Morgan fingerprint density at radius 1 is 0.976 bits per heavy atom. The van der Waals surface area contributed by atoms with Crippen LogP contribution in [-0.4, -0.2) is 30.3 Å². The predicted octanol–water partition coefficient (Wildman–Crippen LogP) is 7.95. The largest absolute Gasteiger partial charge is 0.486 e. The highest BCUT2D eigenvalue weighted by Crippen LogP contribution is 2.54. The van der Waals surface area contributed by atoms with Gasteiger partial charge in [0.1, 0.15) is 12.4 Å². The molecule has 228 valence electrons. The van der Waals surface area contributed by atoms with Crippen molar-refractivity contribution in [2.24, 2.45) is 10.8 Å². The van der Waals surface area contributed by atoms with Crippen LogP contribution in [0.3, 0.4) is 0 Å². The van der Waals surface area contributed by atoms with Gasteiger partial charge in [0, 0.05) is 11.6 Å². The van der Waals surface area contributed by atoms with E-state index in [0.29, 0.717) is 28.7 Å². The van der Waals surface area contributed by atoms with Gasteiger partial charge in [0.05, 0.1) is 32.4 Å². The van der Waals surface area contributed by atoms with Crippen molar-refractivity contribution in [2.75, 3.05) is 14.2 Å². The second-order valence-corrected chi connectivity index (χ2v) is 12.6. The summed E-state index contributed by atoms with van der Waals surface area (Å²) in [6, 6.07) is 11.7. The molecule has 1 heterocycles. The average molecular weight is 584 g/mol. The molecule has 0 spiro atoms. The van der Waals surface area contributed by atoms with E-state index in [-0.39, 0.29) is 36.1 Å². The first-order valence-corrected chi connectivity index (χ1v) is 14.1. The lowest BCUT2D eigenvalue weighted by Gasteiger charge is -2.51. The van der Waals surface area contributed by atoms with Crippen LogP contribution in [0.1, 0.15) is 83.9 Å². The fraction of sp³-hybridized carbons (Fsp3) is 0.471. The maximum absolute atomic E-state index is 15.6. The number of rotatable bonds is 10. The van der Waals surface area contributed by atoms with Gasteiger partial charge in [-0.15, -0.1) is 0 Å². The van der Waals surface area contributed by atoms with Crippen LogP contribution in [0.5, 0.6) is 11.6 Å². The molecule has 0 unspecified atom stereocenters. The van der Waals surface area contributed by atoms with E-state index in [1.165, 1.54) is 26.4 Å². The molecule has 0 aliphatic heterocycles. The Labute approximate surface area is 248 Å². The van der Waals surface area contributed by atoms with Crippen LogP contribution in [-0.2, 0) is 21.7 Å². The Bertz CT molecular complexity index is 1390. The molecule has 0 fully saturated rings. The molecule has 6 nitrogen and oxygen atoms in total. The lowest BCUT2D eigenvalue weighted by Crippen LogP contribution is -2.50. The Morgan fingerprint density at radius 3 is 2.21 bits per heavy atom. The van der Waals surface area contributed by atoms with E-state index < -0.39 is 34.0 Å². The van der Waals surface area contributed by atoms with Crippen LogP contribution in [0.2, 0.25) is 0 Å². The van der Waals surface area contributed by atoms with Crippen LogP contribution in [0.15, 0.2) is 48.7 Å². The molecule has 8 heteroatoms. The van der Waals surface area contributed by atoms with Crippen molar-refractivity contribution in [3.63, 3.8) is 0 Å². The SMILES string of the molecule is CC[C@@H](CC(=O)OC)c1cccc(OCc2ccc(-c3cc(OC)ncc3F)c(C(O)(C(C)(C)C)C(C)(C)C)c2)c1F. The quantitative estimate of drug-likeness (QED) is 0.244. The third kappa shape index (κ3) is 6.59. The van der Waals surface area contributed by atoms with Crippen LogP contribution in [0, 0.1) is 22.5 Å². The molecule has 0 amide bonds. The normalized spacial score (nSPS) is 13.0. The van der Waals surface area contributed by atoms with Crippen molar-refractivity contribution in [1.29, 1.82) is 0 Å². The van der Waals surface area contributed by atoms with Crippen molar-refractivity contribution in [3.8, 4) is 22.8 Å². The van der Waals surface area contributed by atoms with Crippen LogP contribution >= 0.6 is 0 Å². The van der Waals surface area contributed by atoms with E-state index >= 15 is 8.78 Å². The van der Waals surface area contributed by atoms with Crippen molar-refractivity contribution in [3.05, 3.63) is 77.0 Å². The summed E-state index contributed by atoms with van der Waals surface area (Å²) in [5, 5.41) is 12.5. The molecule has 2 aromatic carbocycles. The van der Waals surface area contributed by atoms with Gasteiger partial charge in [0.25, 0.3) is 0 Å². The first-order valence-electron chi connectivity index (χ1n) is 14.1. The molecule has 0 radical (unpaired) electrons. The number of aromatic nitrogens is 1. The number of hydrogen-bond donors (Lipinski definition) is 1. The fourth-order valence-electron chi connectivity index (χ4n) is 5.76. The van der Waals surface area contributed by atoms with Crippen molar-refractivity contribution in [1.82, 2.24) is 4.98 Å². The Hall–Kier alpha value is -3.52. The van der Waals surface area contributed by atoms with Gasteiger partial charge < -0.3 is 19.3 Å². The minimum Gasteiger partial charge on any atom is -0.486 e. The molecule has 3 rings (SSSR count). The first kappa shape index (κ1) is 33.0. The summed E-state index contributed by atoms with van der Waals surface area (Å²) in [5.74, 6) is -1.55. The van der Waals surface area contributed by atoms with E-state index in [1.54, 1.807) is 30.3 Å². The third-order valence-corrected chi connectivity index (χ3v) is 7.94. The smallest absolute Gasteiger partial charge is 0.306 e. The number of methoxy groups -OCH3 is 2. The van der Waals surface area contributed by atoms with Crippen LogP contribution in [0.25, 0.3) is 11.1 Å². The Morgan fingerprint density at radius 2 is 1.64 bits per heavy atom. The number of pyridine rings is 1. The number of nitrogens with zero attached hydrogens (tertiary/aromatic N) is 1. The third-order valence-electron chi connectivity index (χ3n) is 7.94. The number of halogens is 2. The van der Waals surface area contributed by atoms with Gasteiger partial charge in [-0.2, -0.15) is 0 Å². The van der Waals surface area contributed by atoms with Crippen LogP contribution < -0.4 is 9.47 Å². The number of hydrogen-bond acceptors (Lipinski definition) is 6. The molecule has 1 aromatic heterocycles. The van der Waals surface area contributed by atoms with Gasteiger partial charge in [-0.25, -0.2) is 13.8 Å². The highest BCUT2D eigenvalue weighted by Gasteiger charge is 2.51. The van der Waals surface area contributed by atoms with Crippen molar-refractivity contribution < 1.29 is 32.9 Å². The van der Waals surface area contributed by atoms with Gasteiger partial charge >= 0.3 is 5.97 Å². The van der Waals surface area contributed by atoms with E-state index in [4.69, 9.17) is 14.2 Å². The molecule has 1 atom stereocenters. The summed E-state index contributed by atoms with van der Waals surface area (Å²) < 4.78 is 46.8. The zero-order chi connectivity index (χ0) is 31.5. The van der Waals surface area contributed by atoms with Gasteiger partial charge in [-0.3, -0.25) is 4.79 Å². The Balaban J connectivity index is 2.11. The predicted molar refractivity (Wildman–Crippen MR) is 159 cm³/mol. The van der Waals surface area contributed by atoms with E-state index in [9.17, 15) is 9.90 Å². The lowest BCUT2D eigenvalue weighted by molar-refractivity contribution is -0.144. The maximum Gasteiger partial charge on any atom is 0.306 e. The van der Waals surface area contributed by atoms with Crippen molar-refractivity contribution in [2.45, 2.75) is 79.4 Å². The van der Waals surface area contributed by atoms with E-state index in [1.807, 2.05) is 48.5 Å². The molecule has 0 saturated heterocycles. The number of aliphatic hydroxyl groups is 1. The number of esters is 1. The molecule has 0 aliphatic rings. The zero-order valence-corrected chi connectivity index (χ0v) is 26.1. The number of ether oxygens (including phenoxy) is 3. The van der Waals surface area contributed by atoms with Crippen molar-refractivity contribution >= 4 is 5.97 Å². The summed E-state index contributed by atoms with van der Waals surface area (Å²) >= 11 is 0. The molecular weight excluding hydrogens is 540 g/mol. The second-order valence-electron chi connectivity index (χ2n) is 12.6. The monoisotopic (exact) mass is 583 g/mol. The minimum absolute atomic E-state index is 0.00599. The van der Waals surface area contributed by atoms with Gasteiger partial charge in [0.15, 0.2) is 11.6 Å². The topological polar surface area (TPSA) is 77.9 Å². The highest BCUT2D eigenvalue weighted by molar-refractivity contribution is 5.71. The summed E-state index contributed by atoms with van der Waals surface area (Å²) in [6.07, 6.45) is 1.71. The van der Waals surface area contributed by atoms with E-state index in [2.05, 4.69) is 4.98 Å². The molecular formula is C34H43F2NO5. The fourth-order valence-corrected chi connectivity index (χ4v) is 5.76. The number of carbonyl (C=O) groups is 1. The van der Waals surface area contributed by atoms with Gasteiger partial charge in [0.2, 0.25) is 5.88 Å². The van der Waals surface area contributed by atoms with Crippen LogP contribution in [0.4, 0.5) is 8.78 Å². The van der Waals surface area contributed by atoms with E-state index in [0.717, 1.165) is 6.20 Å². The molecule has 42 heavy (non-hydrogen) atoms. The summed E-state index contributed by atoms with van der Waals surface area (Å²) in [5.41, 5.74) is -0.472.